The summed E-state index contributed by atoms with van der Waals surface area (Å²) in [5.74, 6) is -0.690. The number of nitrogens with zero attached hydrogens (tertiary/aromatic N) is 1. The molecule has 2 aliphatic rings. The van der Waals surface area contributed by atoms with Crippen molar-refractivity contribution in [1.82, 2.24) is 0 Å². The molecule has 0 radical (unpaired) electrons. The van der Waals surface area contributed by atoms with Gasteiger partial charge in [0.25, 0.3) is 5.91 Å². The Morgan fingerprint density at radius 3 is 2.54 bits per heavy atom. The summed E-state index contributed by atoms with van der Waals surface area (Å²) in [5, 5.41) is 2.77. The summed E-state index contributed by atoms with van der Waals surface area (Å²) in [6.07, 6.45) is 8.95. The van der Waals surface area contributed by atoms with E-state index in [1.807, 2.05) is 30.3 Å². The lowest BCUT2D eigenvalue weighted by Crippen LogP contribution is -2.25. The van der Waals surface area contributed by atoms with Crippen LogP contribution in [0.1, 0.15) is 32.1 Å². The average Bonchev–Trinajstić information content (AvgIpc) is 3.16. The Morgan fingerprint density at radius 2 is 1.88 bits per heavy atom. The van der Waals surface area contributed by atoms with Gasteiger partial charge in [-0.25, -0.2) is 0 Å². The Labute approximate surface area is 142 Å². The Kier molecular flexibility index (Phi) is 5.51. The molecule has 0 unspecified atom stereocenters. The quantitative estimate of drug-likeness (QED) is 0.666. The normalized spacial score (nSPS) is 20.0. The van der Waals surface area contributed by atoms with Crippen LogP contribution in [0, 0.1) is 5.92 Å². The van der Waals surface area contributed by atoms with Crippen molar-refractivity contribution in [3.05, 3.63) is 36.4 Å². The molecule has 1 amide bonds. The molecule has 5 heteroatoms. The van der Waals surface area contributed by atoms with Gasteiger partial charge in [0, 0.05) is 24.5 Å². The van der Waals surface area contributed by atoms with Crippen molar-refractivity contribution in [3.63, 3.8) is 0 Å². The first-order valence-electron chi connectivity index (χ1n) is 8.69. The molecule has 24 heavy (non-hydrogen) atoms. The van der Waals surface area contributed by atoms with E-state index < -0.39 is 0 Å². The van der Waals surface area contributed by atoms with E-state index >= 15 is 0 Å². The van der Waals surface area contributed by atoms with Gasteiger partial charge in [-0.2, -0.15) is 0 Å². The fourth-order valence-corrected chi connectivity index (χ4v) is 3.19. The van der Waals surface area contributed by atoms with Gasteiger partial charge in [0.2, 0.25) is 0 Å². The van der Waals surface area contributed by atoms with Gasteiger partial charge in [-0.1, -0.05) is 12.2 Å². The second-order valence-corrected chi connectivity index (χ2v) is 6.38. The third-order valence-corrected chi connectivity index (χ3v) is 4.57. The predicted molar refractivity (Wildman–Crippen MR) is 94.0 cm³/mol. The fraction of sp³-hybridized carbons (Fsp3) is 0.474. The number of esters is 1. The molecule has 1 heterocycles. The van der Waals surface area contributed by atoms with Crippen LogP contribution in [0.2, 0.25) is 0 Å². The second-order valence-electron chi connectivity index (χ2n) is 6.38. The minimum atomic E-state index is -0.302. The highest BCUT2D eigenvalue weighted by Crippen LogP contribution is 2.22. The van der Waals surface area contributed by atoms with Crippen molar-refractivity contribution in [3.8, 4) is 0 Å². The maximum Gasteiger partial charge on any atom is 0.309 e. The van der Waals surface area contributed by atoms with Crippen LogP contribution >= 0.6 is 0 Å². The van der Waals surface area contributed by atoms with Crippen LogP contribution in [-0.2, 0) is 14.3 Å². The van der Waals surface area contributed by atoms with Crippen LogP contribution < -0.4 is 10.2 Å². The zero-order chi connectivity index (χ0) is 16.8. The van der Waals surface area contributed by atoms with E-state index in [1.165, 1.54) is 18.5 Å². The van der Waals surface area contributed by atoms with E-state index in [2.05, 4.69) is 16.3 Å². The molecule has 1 aromatic carbocycles. The molecule has 1 N–H and O–H groups in total. The number of hydrogen-bond donors (Lipinski definition) is 1. The molecule has 0 saturated carbocycles. The smallest absolute Gasteiger partial charge is 0.309 e. The molecule has 5 nitrogen and oxygen atoms in total. The molecule has 1 aliphatic carbocycles. The number of rotatable bonds is 5. The number of hydrogen-bond acceptors (Lipinski definition) is 4. The molecule has 0 bridgehead atoms. The lowest BCUT2D eigenvalue weighted by atomic mass is 9.95. The van der Waals surface area contributed by atoms with Gasteiger partial charge >= 0.3 is 5.97 Å². The first kappa shape index (κ1) is 16.6. The maximum atomic E-state index is 11.9. The number of ether oxygens (including phenoxy) is 1. The standard InChI is InChI=1S/C19H24N2O3/c22-18(14-24-19(23)15-6-2-1-3-7-15)20-16-8-10-17(11-9-16)21-12-4-5-13-21/h1-2,8-11,15H,3-7,12-14H2,(H,20,22)/t15-/m0/s1. The number of amides is 1. The Balaban J connectivity index is 1.44. The van der Waals surface area contributed by atoms with Gasteiger partial charge in [0.1, 0.15) is 0 Å². The Hall–Kier alpha value is -2.30. The molecule has 3 rings (SSSR count). The number of benzene rings is 1. The second kappa shape index (κ2) is 7.99. The number of carbonyl (C=O) groups excluding carboxylic acids is 2. The van der Waals surface area contributed by atoms with E-state index in [0.29, 0.717) is 6.42 Å². The summed E-state index contributed by atoms with van der Waals surface area (Å²) in [6, 6.07) is 7.81. The van der Waals surface area contributed by atoms with Crippen LogP contribution in [0.5, 0.6) is 0 Å². The number of nitrogens with one attached hydrogen (secondary N) is 1. The van der Waals surface area contributed by atoms with Crippen molar-refractivity contribution in [2.75, 3.05) is 29.9 Å². The van der Waals surface area contributed by atoms with Gasteiger partial charge in [0.05, 0.1) is 5.92 Å². The van der Waals surface area contributed by atoms with Crippen LogP contribution in [0.25, 0.3) is 0 Å². The number of carbonyl (C=O) groups is 2. The van der Waals surface area contributed by atoms with E-state index in [1.54, 1.807) is 0 Å². The van der Waals surface area contributed by atoms with E-state index in [9.17, 15) is 9.59 Å². The van der Waals surface area contributed by atoms with Gasteiger partial charge in [-0.3, -0.25) is 9.59 Å². The van der Waals surface area contributed by atoms with Crippen molar-refractivity contribution in [2.24, 2.45) is 5.92 Å². The van der Waals surface area contributed by atoms with E-state index in [0.717, 1.165) is 31.6 Å². The molecule has 128 valence electrons. The molecule has 1 aromatic rings. The minimum absolute atomic E-state index is 0.109. The molecule has 1 atom stereocenters. The summed E-state index contributed by atoms with van der Waals surface area (Å²) in [6.45, 7) is 1.96. The van der Waals surface area contributed by atoms with Crippen molar-refractivity contribution in [1.29, 1.82) is 0 Å². The highest BCUT2D eigenvalue weighted by Gasteiger charge is 2.21. The topological polar surface area (TPSA) is 58.6 Å². The summed E-state index contributed by atoms with van der Waals surface area (Å²) >= 11 is 0. The number of anilines is 2. The monoisotopic (exact) mass is 328 g/mol. The third kappa shape index (κ3) is 4.37. The van der Waals surface area contributed by atoms with Gasteiger partial charge < -0.3 is 15.0 Å². The molecular weight excluding hydrogens is 304 g/mol. The van der Waals surface area contributed by atoms with Gasteiger partial charge in [0.15, 0.2) is 6.61 Å². The van der Waals surface area contributed by atoms with Crippen molar-refractivity contribution < 1.29 is 14.3 Å². The maximum absolute atomic E-state index is 11.9. The summed E-state index contributed by atoms with van der Waals surface area (Å²) in [7, 11) is 0. The van der Waals surface area contributed by atoms with Crippen molar-refractivity contribution >= 4 is 23.3 Å². The fourth-order valence-electron chi connectivity index (χ4n) is 3.19. The van der Waals surface area contributed by atoms with E-state index in [-0.39, 0.29) is 24.4 Å². The average molecular weight is 328 g/mol. The lowest BCUT2D eigenvalue weighted by molar-refractivity contribution is -0.151. The first-order chi connectivity index (χ1) is 11.7. The summed E-state index contributed by atoms with van der Waals surface area (Å²) < 4.78 is 5.13. The largest absolute Gasteiger partial charge is 0.455 e. The third-order valence-electron chi connectivity index (χ3n) is 4.57. The minimum Gasteiger partial charge on any atom is -0.455 e. The summed E-state index contributed by atoms with van der Waals surface area (Å²) in [4.78, 5) is 26.2. The van der Waals surface area contributed by atoms with Crippen LogP contribution in [-0.4, -0.2) is 31.6 Å². The predicted octanol–water partition coefficient (Wildman–Crippen LogP) is 3.12. The Morgan fingerprint density at radius 1 is 1.12 bits per heavy atom. The zero-order valence-electron chi connectivity index (χ0n) is 13.9. The van der Waals surface area contributed by atoms with E-state index in [4.69, 9.17) is 4.74 Å². The SMILES string of the molecule is O=C(COC(=O)[C@H]1CC=CCC1)Nc1ccc(N2CCCC2)cc1. The van der Waals surface area contributed by atoms with Gasteiger partial charge in [-0.05, 0) is 56.4 Å². The lowest BCUT2D eigenvalue weighted by Gasteiger charge is -2.18. The zero-order valence-corrected chi connectivity index (χ0v) is 13.9. The highest BCUT2D eigenvalue weighted by molar-refractivity contribution is 5.93. The van der Waals surface area contributed by atoms with Crippen LogP contribution in [0.4, 0.5) is 11.4 Å². The van der Waals surface area contributed by atoms with Crippen molar-refractivity contribution in [2.45, 2.75) is 32.1 Å². The highest BCUT2D eigenvalue weighted by atomic mass is 16.5. The Bertz CT molecular complexity index is 604. The summed E-state index contributed by atoms with van der Waals surface area (Å²) in [5.41, 5.74) is 1.90. The van der Waals surface area contributed by atoms with Crippen LogP contribution in [0.3, 0.4) is 0 Å². The molecular formula is C19H24N2O3. The number of allylic oxidation sites excluding steroid dienone is 2. The first-order valence-corrected chi connectivity index (χ1v) is 8.69. The molecule has 1 saturated heterocycles. The molecule has 0 aromatic heterocycles. The van der Waals surface area contributed by atoms with Gasteiger partial charge in [-0.15, -0.1) is 0 Å². The molecule has 1 aliphatic heterocycles. The molecule has 1 fully saturated rings. The van der Waals surface area contributed by atoms with Crippen LogP contribution in [0.15, 0.2) is 36.4 Å². The molecule has 0 spiro atoms.